The summed E-state index contributed by atoms with van der Waals surface area (Å²) in [5, 5.41) is 15.3. The fourth-order valence-electron chi connectivity index (χ4n) is 2.48. The van der Waals surface area contributed by atoms with Crippen LogP contribution in [0.15, 0.2) is 18.2 Å². The average molecular weight is 311 g/mol. The number of aliphatic hydroxyl groups is 1. The minimum atomic E-state index is -0.729. The van der Waals surface area contributed by atoms with Crippen LogP contribution in [0.3, 0.4) is 0 Å². The number of aliphatic hydroxyl groups excluding tert-OH is 1. The molecule has 1 saturated carbocycles. The number of rotatable bonds is 3. The van der Waals surface area contributed by atoms with E-state index in [1.54, 1.807) is 25.1 Å². The molecule has 0 saturated heterocycles. The summed E-state index contributed by atoms with van der Waals surface area (Å²) in [5.74, 6) is -1.39. The number of hydrogen-bond acceptors (Lipinski definition) is 3. The zero-order chi connectivity index (χ0) is 15.4. The van der Waals surface area contributed by atoms with Crippen molar-refractivity contribution in [1.82, 2.24) is 5.32 Å². The van der Waals surface area contributed by atoms with Gasteiger partial charge in [-0.2, -0.15) is 0 Å². The molecule has 3 N–H and O–H groups in total. The summed E-state index contributed by atoms with van der Waals surface area (Å²) in [6.07, 6.45) is 2.20. The topological polar surface area (TPSA) is 78.4 Å². The van der Waals surface area contributed by atoms with Crippen molar-refractivity contribution in [3.8, 4) is 0 Å². The fourth-order valence-corrected chi connectivity index (χ4v) is 2.66. The maximum absolute atomic E-state index is 11.8. The molecule has 2 amide bonds. The Balaban J connectivity index is 1.88. The van der Waals surface area contributed by atoms with Gasteiger partial charge in [0.05, 0.1) is 6.10 Å². The highest BCUT2D eigenvalue weighted by Crippen LogP contribution is 2.25. The first-order valence-electron chi connectivity index (χ1n) is 7.01. The first-order chi connectivity index (χ1) is 9.99. The van der Waals surface area contributed by atoms with Crippen molar-refractivity contribution in [2.45, 2.75) is 32.3 Å². The quantitative estimate of drug-likeness (QED) is 0.746. The van der Waals surface area contributed by atoms with Gasteiger partial charge in [-0.05, 0) is 37.5 Å². The molecule has 0 radical (unpaired) electrons. The van der Waals surface area contributed by atoms with E-state index in [2.05, 4.69) is 10.6 Å². The third-order valence-electron chi connectivity index (χ3n) is 3.87. The molecule has 5 nitrogen and oxygen atoms in total. The summed E-state index contributed by atoms with van der Waals surface area (Å²) in [5.41, 5.74) is 1.23. The van der Waals surface area contributed by atoms with Crippen LogP contribution in [-0.2, 0) is 9.59 Å². The second-order valence-corrected chi connectivity index (χ2v) is 5.74. The lowest BCUT2D eigenvalue weighted by Crippen LogP contribution is -2.39. The largest absolute Gasteiger partial charge is 0.393 e. The Morgan fingerprint density at radius 1 is 1.33 bits per heavy atom. The van der Waals surface area contributed by atoms with Crippen molar-refractivity contribution in [2.75, 3.05) is 11.9 Å². The maximum Gasteiger partial charge on any atom is 0.313 e. The lowest BCUT2D eigenvalue weighted by molar-refractivity contribution is -0.136. The second-order valence-electron chi connectivity index (χ2n) is 5.33. The molecule has 0 bridgehead atoms. The van der Waals surface area contributed by atoms with E-state index in [0.29, 0.717) is 22.8 Å². The number of hydrogen-bond donors (Lipinski definition) is 3. The smallest absolute Gasteiger partial charge is 0.313 e. The lowest BCUT2D eigenvalue weighted by atomic mass is 10.1. The highest BCUT2D eigenvalue weighted by molar-refractivity contribution is 6.40. The number of carbonyl (C=O) groups excluding carboxylic acids is 2. The Bertz CT molecular complexity index is 548. The van der Waals surface area contributed by atoms with Crippen LogP contribution >= 0.6 is 11.6 Å². The van der Waals surface area contributed by atoms with Gasteiger partial charge in [-0.3, -0.25) is 9.59 Å². The molecule has 6 heteroatoms. The molecule has 1 fully saturated rings. The van der Waals surface area contributed by atoms with Crippen LogP contribution in [0.1, 0.15) is 24.8 Å². The van der Waals surface area contributed by atoms with Crippen LogP contribution < -0.4 is 10.6 Å². The van der Waals surface area contributed by atoms with E-state index < -0.39 is 11.8 Å². The van der Waals surface area contributed by atoms with Crippen LogP contribution in [0.2, 0.25) is 5.02 Å². The monoisotopic (exact) mass is 310 g/mol. The van der Waals surface area contributed by atoms with E-state index in [9.17, 15) is 14.7 Å². The van der Waals surface area contributed by atoms with Crippen LogP contribution in [0.4, 0.5) is 5.69 Å². The number of benzene rings is 1. The summed E-state index contributed by atoms with van der Waals surface area (Å²) < 4.78 is 0. The minimum absolute atomic E-state index is 0.0367. The van der Waals surface area contributed by atoms with Gasteiger partial charge in [0, 0.05) is 23.2 Å². The van der Waals surface area contributed by atoms with Gasteiger partial charge >= 0.3 is 11.8 Å². The Labute approximate surface area is 128 Å². The standard InChI is InChI=1S/C15H19ClN2O3/c1-9-11(16)5-3-6-12(9)18-15(21)14(20)17-8-10-4-2-7-13(10)19/h3,5-6,10,13,19H,2,4,7-8H2,1H3,(H,17,20)(H,18,21). The third kappa shape index (κ3) is 3.95. The van der Waals surface area contributed by atoms with Crippen molar-refractivity contribution in [3.05, 3.63) is 28.8 Å². The number of carbonyl (C=O) groups is 2. The van der Waals surface area contributed by atoms with Gasteiger partial charge in [0.25, 0.3) is 0 Å². The molecule has 1 aromatic carbocycles. The first-order valence-corrected chi connectivity index (χ1v) is 7.39. The summed E-state index contributed by atoms with van der Waals surface area (Å²) in [6, 6.07) is 5.11. The second kappa shape index (κ2) is 6.91. The van der Waals surface area contributed by atoms with Crippen molar-refractivity contribution in [3.63, 3.8) is 0 Å². The maximum atomic E-state index is 11.8. The van der Waals surface area contributed by atoms with Gasteiger partial charge < -0.3 is 15.7 Å². The van der Waals surface area contributed by atoms with Gasteiger partial charge in [-0.15, -0.1) is 0 Å². The SMILES string of the molecule is Cc1c(Cl)cccc1NC(=O)C(=O)NCC1CCCC1O. The molecule has 1 aromatic rings. The van der Waals surface area contributed by atoms with Crippen molar-refractivity contribution < 1.29 is 14.7 Å². The van der Waals surface area contributed by atoms with Gasteiger partial charge in [0.15, 0.2) is 0 Å². The molecule has 2 rings (SSSR count). The highest BCUT2D eigenvalue weighted by atomic mass is 35.5. The van der Waals surface area contributed by atoms with Crippen LogP contribution in [-0.4, -0.2) is 29.6 Å². The summed E-state index contributed by atoms with van der Waals surface area (Å²) in [7, 11) is 0. The van der Waals surface area contributed by atoms with Gasteiger partial charge in [0.2, 0.25) is 0 Å². The van der Waals surface area contributed by atoms with Crippen LogP contribution in [0.25, 0.3) is 0 Å². The molecule has 0 heterocycles. The summed E-state index contributed by atoms with van der Waals surface area (Å²) >= 11 is 5.96. The molecule has 2 atom stereocenters. The first kappa shape index (κ1) is 15.8. The summed E-state index contributed by atoms with van der Waals surface area (Å²) in [4.78, 5) is 23.6. The van der Waals surface area contributed by atoms with Gasteiger partial charge in [-0.1, -0.05) is 24.1 Å². The zero-order valence-corrected chi connectivity index (χ0v) is 12.6. The van der Waals surface area contributed by atoms with Crippen molar-refractivity contribution >= 4 is 29.1 Å². The molecular formula is C15H19ClN2O3. The highest BCUT2D eigenvalue weighted by Gasteiger charge is 2.26. The van der Waals surface area contributed by atoms with E-state index in [-0.39, 0.29) is 12.0 Å². The third-order valence-corrected chi connectivity index (χ3v) is 4.28. The normalized spacial score (nSPS) is 21.1. The van der Waals surface area contributed by atoms with Crippen molar-refractivity contribution in [1.29, 1.82) is 0 Å². The molecule has 2 unspecified atom stereocenters. The lowest BCUT2D eigenvalue weighted by Gasteiger charge is -2.15. The van der Waals surface area contributed by atoms with E-state index >= 15 is 0 Å². The van der Waals surface area contributed by atoms with Crippen LogP contribution in [0.5, 0.6) is 0 Å². The Hall–Kier alpha value is -1.59. The van der Waals surface area contributed by atoms with Gasteiger partial charge in [0.1, 0.15) is 0 Å². The Kier molecular flexibility index (Phi) is 5.20. The number of nitrogens with one attached hydrogen (secondary N) is 2. The minimum Gasteiger partial charge on any atom is -0.393 e. The van der Waals surface area contributed by atoms with Gasteiger partial charge in [-0.25, -0.2) is 0 Å². The Morgan fingerprint density at radius 2 is 2.10 bits per heavy atom. The predicted molar refractivity (Wildman–Crippen MR) is 81.2 cm³/mol. The zero-order valence-electron chi connectivity index (χ0n) is 11.9. The average Bonchev–Trinajstić information content (AvgIpc) is 2.86. The predicted octanol–water partition coefficient (Wildman–Crippen LogP) is 1.86. The number of halogens is 1. The van der Waals surface area contributed by atoms with Crippen LogP contribution in [0, 0.1) is 12.8 Å². The van der Waals surface area contributed by atoms with Crippen molar-refractivity contribution in [2.24, 2.45) is 5.92 Å². The van der Waals surface area contributed by atoms with E-state index in [1.165, 1.54) is 0 Å². The molecule has 1 aliphatic carbocycles. The molecular weight excluding hydrogens is 292 g/mol. The molecule has 21 heavy (non-hydrogen) atoms. The van der Waals surface area contributed by atoms with E-state index in [0.717, 1.165) is 19.3 Å². The molecule has 0 aliphatic heterocycles. The Morgan fingerprint density at radius 3 is 2.76 bits per heavy atom. The fraction of sp³-hybridized carbons (Fsp3) is 0.467. The van der Waals surface area contributed by atoms with E-state index in [1.807, 2.05) is 0 Å². The van der Waals surface area contributed by atoms with E-state index in [4.69, 9.17) is 11.6 Å². The molecule has 0 spiro atoms. The molecule has 0 aromatic heterocycles. The molecule has 114 valence electrons. The number of amides is 2. The molecule has 1 aliphatic rings. The number of anilines is 1. The summed E-state index contributed by atoms with van der Waals surface area (Å²) in [6.45, 7) is 2.09.